The van der Waals surface area contributed by atoms with E-state index < -0.39 is 11.9 Å². The fraction of sp³-hybridized carbons (Fsp3) is 0.385. The highest BCUT2D eigenvalue weighted by Crippen LogP contribution is 2.27. The van der Waals surface area contributed by atoms with Gasteiger partial charge in [0.1, 0.15) is 18.5 Å². The van der Waals surface area contributed by atoms with Crippen LogP contribution in [0.15, 0.2) is 18.2 Å². The van der Waals surface area contributed by atoms with Crippen LogP contribution in [0.4, 0.5) is 5.69 Å². The number of fused-ring (bicyclic) bond motifs is 1. The number of carbonyl (C=O) groups is 1. The molecule has 0 radical (unpaired) electrons. The van der Waals surface area contributed by atoms with E-state index in [2.05, 4.69) is 4.98 Å². The van der Waals surface area contributed by atoms with Crippen LogP contribution in [0.25, 0.3) is 11.0 Å². The van der Waals surface area contributed by atoms with Crippen molar-refractivity contribution in [2.24, 2.45) is 11.7 Å². The van der Waals surface area contributed by atoms with Crippen molar-refractivity contribution in [3.63, 3.8) is 0 Å². The van der Waals surface area contributed by atoms with Crippen LogP contribution in [0, 0.1) is 5.92 Å². The Hall–Kier alpha value is -2.08. The minimum absolute atomic E-state index is 0.00208. The molecule has 1 aromatic carbocycles. The maximum Gasteiger partial charge on any atom is 0.240 e. The molecular weight excluding hydrogens is 244 g/mol. The molecule has 0 aliphatic heterocycles. The molecule has 1 heterocycles. The third-order valence-electron chi connectivity index (χ3n) is 3.13. The lowest BCUT2D eigenvalue weighted by molar-refractivity contribution is -0.122. The lowest BCUT2D eigenvalue weighted by Gasteiger charge is -2.21. The summed E-state index contributed by atoms with van der Waals surface area (Å²) in [5, 5.41) is 9.43. The average molecular weight is 262 g/mol. The Morgan fingerprint density at radius 1 is 1.47 bits per heavy atom. The lowest BCUT2D eigenvalue weighted by Crippen LogP contribution is -2.31. The highest BCUT2D eigenvalue weighted by molar-refractivity contribution is 5.84. The second kappa shape index (κ2) is 4.89. The molecule has 102 valence electrons. The van der Waals surface area contributed by atoms with E-state index in [9.17, 15) is 9.90 Å². The molecule has 1 unspecified atom stereocenters. The second-order valence-electron chi connectivity index (χ2n) is 4.90. The maximum absolute atomic E-state index is 11.7. The summed E-state index contributed by atoms with van der Waals surface area (Å²) in [7, 11) is 0. The predicted molar refractivity (Wildman–Crippen MR) is 73.1 cm³/mol. The Balaban J connectivity index is 2.72. The van der Waals surface area contributed by atoms with Gasteiger partial charge in [0, 0.05) is 5.69 Å². The predicted octanol–water partition coefficient (Wildman–Crippen LogP) is 0.793. The summed E-state index contributed by atoms with van der Waals surface area (Å²) in [6, 6.07) is 4.69. The third-order valence-corrected chi connectivity index (χ3v) is 3.13. The maximum atomic E-state index is 11.7. The van der Waals surface area contributed by atoms with Crippen molar-refractivity contribution in [2.45, 2.75) is 26.5 Å². The van der Waals surface area contributed by atoms with Crippen molar-refractivity contribution >= 4 is 22.6 Å². The molecule has 0 spiro atoms. The minimum atomic E-state index is -0.546. The Bertz CT molecular complexity index is 618. The van der Waals surface area contributed by atoms with E-state index in [1.807, 2.05) is 13.8 Å². The van der Waals surface area contributed by atoms with E-state index in [0.29, 0.717) is 17.0 Å². The number of nitrogens with two attached hydrogens (primary N) is 2. The van der Waals surface area contributed by atoms with Gasteiger partial charge < -0.3 is 21.1 Å². The largest absolute Gasteiger partial charge is 0.399 e. The molecule has 5 N–H and O–H groups in total. The van der Waals surface area contributed by atoms with Gasteiger partial charge in [0.25, 0.3) is 0 Å². The number of hydrogen-bond acceptors (Lipinski definition) is 4. The number of nitrogen functional groups attached to an aromatic ring is 1. The molecule has 0 bridgehead atoms. The third kappa shape index (κ3) is 2.26. The van der Waals surface area contributed by atoms with Gasteiger partial charge in [0.2, 0.25) is 5.91 Å². The molecule has 6 heteroatoms. The van der Waals surface area contributed by atoms with Gasteiger partial charge in [-0.3, -0.25) is 4.79 Å². The van der Waals surface area contributed by atoms with Crippen LogP contribution >= 0.6 is 0 Å². The first-order valence-corrected chi connectivity index (χ1v) is 6.12. The Labute approximate surface area is 111 Å². The Kier molecular flexibility index (Phi) is 3.44. The molecule has 2 aromatic rings. The first-order valence-electron chi connectivity index (χ1n) is 6.12. The van der Waals surface area contributed by atoms with Gasteiger partial charge >= 0.3 is 0 Å². The van der Waals surface area contributed by atoms with E-state index in [1.54, 1.807) is 22.8 Å². The second-order valence-corrected chi connectivity index (χ2v) is 4.90. The minimum Gasteiger partial charge on any atom is -0.399 e. The Morgan fingerprint density at radius 2 is 2.16 bits per heavy atom. The first kappa shape index (κ1) is 13.4. The summed E-state index contributed by atoms with van der Waals surface area (Å²) in [6.07, 6.45) is 0. The van der Waals surface area contributed by atoms with Crippen molar-refractivity contribution in [3.8, 4) is 0 Å². The summed E-state index contributed by atoms with van der Waals surface area (Å²) >= 11 is 0. The van der Waals surface area contributed by atoms with Crippen molar-refractivity contribution in [1.29, 1.82) is 0 Å². The van der Waals surface area contributed by atoms with Gasteiger partial charge in [-0.05, 0) is 24.1 Å². The molecule has 2 rings (SSSR count). The van der Waals surface area contributed by atoms with Crippen molar-refractivity contribution in [2.75, 3.05) is 5.73 Å². The van der Waals surface area contributed by atoms with Crippen LogP contribution in [-0.4, -0.2) is 20.6 Å². The van der Waals surface area contributed by atoms with Crippen LogP contribution in [0.5, 0.6) is 0 Å². The van der Waals surface area contributed by atoms with Crippen LogP contribution in [0.1, 0.15) is 25.7 Å². The lowest BCUT2D eigenvalue weighted by atomic mass is 10.0. The number of nitrogens with zero attached hydrogens (tertiary/aromatic N) is 2. The highest BCUT2D eigenvalue weighted by Gasteiger charge is 2.26. The molecule has 6 nitrogen and oxygen atoms in total. The topological polar surface area (TPSA) is 107 Å². The number of amides is 1. The molecule has 0 fully saturated rings. The molecule has 1 amide bonds. The molecule has 1 atom stereocenters. The van der Waals surface area contributed by atoms with E-state index in [4.69, 9.17) is 11.5 Å². The van der Waals surface area contributed by atoms with Crippen molar-refractivity contribution in [3.05, 3.63) is 24.0 Å². The smallest absolute Gasteiger partial charge is 0.240 e. The van der Waals surface area contributed by atoms with Gasteiger partial charge in [0.05, 0.1) is 11.0 Å². The number of anilines is 1. The van der Waals surface area contributed by atoms with E-state index in [1.165, 1.54) is 0 Å². The summed E-state index contributed by atoms with van der Waals surface area (Å²) in [5.41, 5.74) is 13.2. The van der Waals surface area contributed by atoms with Crippen LogP contribution in [-0.2, 0) is 11.4 Å². The van der Waals surface area contributed by atoms with Gasteiger partial charge in [-0.25, -0.2) is 4.98 Å². The van der Waals surface area contributed by atoms with E-state index >= 15 is 0 Å². The number of imidazole rings is 1. The van der Waals surface area contributed by atoms with Crippen LogP contribution in [0.3, 0.4) is 0 Å². The quantitative estimate of drug-likeness (QED) is 0.708. The van der Waals surface area contributed by atoms with Gasteiger partial charge in [-0.15, -0.1) is 0 Å². The molecule has 0 aliphatic carbocycles. The van der Waals surface area contributed by atoms with Gasteiger partial charge in [0.15, 0.2) is 0 Å². The number of hydrogen-bond donors (Lipinski definition) is 3. The fourth-order valence-electron chi connectivity index (χ4n) is 2.34. The molecule has 0 aliphatic rings. The zero-order chi connectivity index (χ0) is 14.2. The highest BCUT2D eigenvalue weighted by atomic mass is 16.3. The zero-order valence-corrected chi connectivity index (χ0v) is 11.0. The number of aliphatic hydroxyl groups excluding tert-OH is 1. The van der Waals surface area contributed by atoms with E-state index in [0.717, 1.165) is 5.52 Å². The summed E-state index contributed by atoms with van der Waals surface area (Å²) < 4.78 is 1.70. The summed E-state index contributed by atoms with van der Waals surface area (Å²) in [6.45, 7) is 3.55. The molecule has 0 saturated heterocycles. The zero-order valence-electron chi connectivity index (χ0n) is 11.0. The number of aliphatic hydroxyl groups is 1. The average Bonchev–Trinajstić information content (AvgIpc) is 2.66. The normalized spacial score (nSPS) is 13.1. The van der Waals surface area contributed by atoms with E-state index in [-0.39, 0.29) is 12.5 Å². The Morgan fingerprint density at radius 3 is 2.68 bits per heavy atom. The SMILES string of the molecule is CC(C)C(C(N)=O)n1c(CO)nc2cc(N)ccc21. The van der Waals surface area contributed by atoms with Crippen LogP contribution < -0.4 is 11.5 Å². The standard InChI is InChI=1S/C13H18N4O2/c1-7(2)12(13(15)19)17-10-4-3-8(14)5-9(10)16-11(17)6-18/h3-5,7,12,18H,6,14H2,1-2H3,(H2,15,19). The van der Waals surface area contributed by atoms with Crippen molar-refractivity contribution in [1.82, 2.24) is 9.55 Å². The molecule has 1 aromatic heterocycles. The number of carbonyl (C=O) groups excluding carboxylic acids is 1. The van der Waals surface area contributed by atoms with Crippen molar-refractivity contribution < 1.29 is 9.90 Å². The first-order chi connectivity index (χ1) is 8.95. The van der Waals surface area contributed by atoms with Gasteiger partial charge in [-0.1, -0.05) is 13.8 Å². The molecule has 0 saturated carbocycles. The summed E-state index contributed by atoms with van der Waals surface area (Å²) in [5.74, 6) is -0.0309. The number of primary amides is 1. The molecule has 19 heavy (non-hydrogen) atoms. The summed E-state index contributed by atoms with van der Waals surface area (Å²) in [4.78, 5) is 16.0. The molecular formula is C13H18N4O2. The van der Waals surface area contributed by atoms with Gasteiger partial charge in [-0.2, -0.15) is 0 Å². The number of aromatic nitrogens is 2. The van der Waals surface area contributed by atoms with Crippen LogP contribution in [0.2, 0.25) is 0 Å². The monoisotopic (exact) mass is 262 g/mol. The fourth-order valence-corrected chi connectivity index (χ4v) is 2.34. The number of benzene rings is 1. The number of rotatable bonds is 4.